The molecule has 1 amide bonds. The van der Waals surface area contributed by atoms with Crippen molar-refractivity contribution in [3.05, 3.63) is 48.0 Å². The van der Waals surface area contributed by atoms with E-state index in [9.17, 15) is 9.59 Å². The molecule has 0 aromatic heterocycles. The van der Waals surface area contributed by atoms with Crippen LogP contribution >= 0.6 is 0 Å². The number of fused-ring (bicyclic) bond motifs is 1. The van der Waals surface area contributed by atoms with Gasteiger partial charge in [0.2, 0.25) is 0 Å². The Morgan fingerprint density at radius 3 is 2.31 bits per heavy atom. The summed E-state index contributed by atoms with van der Waals surface area (Å²) < 4.78 is 5.53. The molecule has 1 atom stereocenters. The summed E-state index contributed by atoms with van der Waals surface area (Å²) in [5, 5.41) is 5.46. The van der Waals surface area contributed by atoms with Crippen LogP contribution in [0.1, 0.15) is 51.0 Å². The highest BCUT2D eigenvalue weighted by atomic mass is 16.5. The molecule has 152 valence electrons. The van der Waals surface area contributed by atoms with Crippen LogP contribution < -0.4 is 5.32 Å². The van der Waals surface area contributed by atoms with E-state index in [2.05, 4.69) is 5.32 Å². The van der Waals surface area contributed by atoms with Gasteiger partial charge in [0.15, 0.2) is 6.10 Å². The number of benzene rings is 2. The minimum Gasteiger partial charge on any atom is -0.452 e. The number of carbonyl (C=O) groups is 2. The Kier molecular flexibility index (Phi) is 4.60. The third-order valence-electron chi connectivity index (χ3n) is 7.32. The quantitative estimate of drug-likeness (QED) is 0.769. The average molecular weight is 392 g/mol. The zero-order valence-corrected chi connectivity index (χ0v) is 17.0. The van der Waals surface area contributed by atoms with E-state index in [4.69, 9.17) is 4.74 Å². The summed E-state index contributed by atoms with van der Waals surface area (Å²) in [7, 11) is 0. The van der Waals surface area contributed by atoms with Crippen molar-refractivity contribution in [2.75, 3.05) is 0 Å². The summed E-state index contributed by atoms with van der Waals surface area (Å²) in [5.74, 6) is 1.81. The molecule has 4 nitrogen and oxygen atoms in total. The normalized spacial score (nSPS) is 30.9. The van der Waals surface area contributed by atoms with E-state index in [0.29, 0.717) is 0 Å². The highest BCUT2D eigenvalue weighted by molar-refractivity contribution is 5.90. The lowest BCUT2D eigenvalue weighted by Gasteiger charge is -2.57. The van der Waals surface area contributed by atoms with Crippen LogP contribution in [0.4, 0.5) is 0 Å². The summed E-state index contributed by atoms with van der Waals surface area (Å²) >= 11 is 0. The van der Waals surface area contributed by atoms with Gasteiger partial charge in [0.25, 0.3) is 5.91 Å². The number of hydrogen-bond donors (Lipinski definition) is 1. The summed E-state index contributed by atoms with van der Waals surface area (Å²) in [5.41, 5.74) is 0.879. The molecule has 4 heteroatoms. The minimum absolute atomic E-state index is 0.0534. The molecule has 0 aliphatic heterocycles. The number of esters is 1. The van der Waals surface area contributed by atoms with Crippen molar-refractivity contribution in [1.29, 1.82) is 0 Å². The van der Waals surface area contributed by atoms with Gasteiger partial charge in [0, 0.05) is 5.54 Å². The van der Waals surface area contributed by atoms with Crippen LogP contribution in [0.5, 0.6) is 0 Å². The summed E-state index contributed by atoms with van der Waals surface area (Å²) in [4.78, 5) is 25.4. The molecule has 29 heavy (non-hydrogen) atoms. The van der Waals surface area contributed by atoms with Crippen molar-refractivity contribution in [1.82, 2.24) is 5.32 Å². The number of rotatable bonds is 5. The fourth-order valence-corrected chi connectivity index (χ4v) is 6.52. The van der Waals surface area contributed by atoms with Crippen LogP contribution in [0.2, 0.25) is 0 Å². The largest absolute Gasteiger partial charge is 0.452 e. The second-order valence-corrected chi connectivity index (χ2v) is 9.63. The Morgan fingerprint density at radius 2 is 1.62 bits per heavy atom. The first kappa shape index (κ1) is 18.7. The second kappa shape index (κ2) is 7.16. The lowest BCUT2D eigenvalue weighted by molar-refractivity contribution is -0.156. The first-order valence-corrected chi connectivity index (χ1v) is 11.0. The molecule has 0 heterocycles. The fourth-order valence-electron chi connectivity index (χ4n) is 6.52. The molecular formula is C25H29NO3. The number of carbonyl (C=O) groups excluding carboxylic acids is 2. The van der Waals surface area contributed by atoms with Gasteiger partial charge in [-0.2, -0.15) is 0 Å². The molecule has 1 N–H and O–H groups in total. The molecule has 0 unspecified atom stereocenters. The Bertz CT molecular complexity index is 909. The molecule has 0 spiro atoms. The van der Waals surface area contributed by atoms with Crippen molar-refractivity contribution in [2.45, 2.75) is 63.5 Å². The third-order valence-corrected chi connectivity index (χ3v) is 7.32. The van der Waals surface area contributed by atoms with Crippen molar-refractivity contribution in [3.8, 4) is 0 Å². The number of nitrogens with one attached hydrogen (secondary N) is 1. The van der Waals surface area contributed by atoms with Gasteiger partial charge in [-0.25, -0.2) is 0 Å². The molecule has 4 fully saturated rings. The molecule has 2 aromatic rings. The number of amides is 1. The van der Waals surface area contributed by atoms with Crippen LogP contribution in [0.3, 0.4) is 0 Å². The van der Waals surface area contributed by atoms with Crippen LogP contribution in [0.15, 0.2) is 42.5 Å². The van der Waals surface area contributed by atoms with E-state index in [1.54, 1.807) is 6.92 Å². The smallest absolute Gasteiger partial charge is 0.311 e. The predicted molar refractivity (Wildman–Crippen MR) is 112 cm³/mol. The SMILES string of the molecule is C[C@@H](OC(=O)Cc1cccc2ccccc12)C(=O)NC12CC3CC(CC(C3)C1)C2. The first-order valence-electron chi connectivity index (χ1n) is 11.0. The molecule has 4 bridgehead atoms. The van der Waals surface area contributed by atoms with Crippen molar-refractivity contribution >= 4 is 22.6 Å². The maximum Gasteiger partial charge on any atom is 0.311 e. The van der Waals surface area contributed by atoms with Gasteiger partial charge in [-0.15, -0.1) is 0 Å². The average Bonchev–Trinajstić information content (AvgIpc) is 2.66. The Balaban J connectivity index is 1.21. The summed E-state index contributed by atoms with van der Waals surface area (Å²) in [6, 6.07) is 13.9. The van der Waals surface area contributed by atoms with Gasteiger partial charge in [-0.3, -0.25) is 9.59 Å². The van der Waals surface area contributed by atoms with Crippen molar-refractivity contribution in [2.24, 2.45) is 17.8 Å². The molecular weight excluding hydrogens is 362 g/mol. The highest BCUT2D eigenvalue weighted by Crippen LogP contribution is 2.55. The lowest BCUT2D eigenvalue weighted by Crippen LogP contribution is -2.61. The van der Waals surface area contributed by atoms with E-state index in [-0.39, 0.29) is 23.8 Å². The zero-order valence-electron chi connectivity index (χ0n) is 17.0. The Labute approximate surface area is 172 Å². The van der Waals surface area contributed by atoms with Crippen LogP contribution in [-0.2, 0) is 20.7 Å². The molecule has 2 aromatic carbocycles. The number of hydrogen-bond acceptors (Lipinski definition) is 3. The Hall–Kier alpha value is -2.36. The molecule has 4 aliphatic carbocycles. The van der Waals surface area contributed by atoms with E-state index >= 15 is 0 Å². The maximum absolute atomic E-state index is 12.8. The fraction of sp³-hybridized carbons (Fsp3) is 0.520. The van der Waals surface area contributed by atoms with Gasteiger partial charge in [-0.05, 0) is 79.5 Å². The predicted octanol–water partition coefficient (Wildman–Crippen LogP) is 4.40. The van der Waals surface area contributed by atoms with Gasteiger partial charge in [-0.1, -0.05) is 42.5 Å². The monoisotopic (exact) mass is 391 g/mol. The van der Waals surface area contributed by atoms with Crippen molar-refractivity contribution in [3.63, 3.8) is 0 Å². The molecule has 4 saturated carbocycles. The molecule has 4 aliphatic rings. The van der Waals surface area contributed by atoms with Crippen LogP contribution in [0.25, 0.3) is 10.8 Å². The summed E-state index contributed by atoms with van der Waals surface area (Å²) in [6.07, 6.45) is 6.73. The lowest BCUT2D eigenvalue weighted by atomic mass is 9.53. The van der Waals surface area contributed by atoms with Gasteiger partial charge in [0.1, 0.15) is 0 Å². The van der Waals surface area contributed by atoms with Crippen molar-refractivity contribution < 1.29 is 14.3 Å². The van der Waals surface area contributed by atoms with Crippen LogP contribution in [0, 0.1) is 17.8 Å². The molecule has 6 rings (SSSR count). The standard InChI is InChI=1S/C25H29NO3/c1-16(24(28)26-25-13-17-9-18(14-25)11-19(10-17)15-25)29-23(27)12-21-7-4-6-20-5-2-3-8-22(20)21/h2-8,16-19H,9-15H2,1H3,(H,26,28)/t16-,17?,18?,19?,25?/m1/s1. The molecule has 0 saturated heterocycles. The summed E-state index contributed by atoms with van der Waals surface area (Å²) in [6.45, 7) is 1.69. The highest BCUT2D eigenvalue weighted by Gasteiger charge is 2.51. The first-order chi connectivity index (χ1) is 14.0. The maximum atomic E-state index is 12.8. The number of ether oxygens (including phenoxy) is 1. The van der Waals surface area contributed by atoms with Gasteiger partial charge in [0.05, 0.1) is 6.42 Å². The second-order valence-electron chi connectivity index (χ2n) is 9.63. The molecule has 0 radical (unpaired) electrons. The van der Waals surface area contributed by atoms with Gasteiger partial charge >= 0.3 is 5.97 Å². The Morgan fingerprint density at radius 1 is 1.00 bits per heavy atom. The zero-order chi connectivity index (χ0) is 20.0. The van der Waals surface area contributed by atoms with E-state index < -0.39 is 6.10 Å². The van der Waals surface area contributed by atoms with Gasteiger partial charge < -0.3 is 10.1 Å². The van der Waals surface area contributed by atoms with E-state index in [1.807, 2.05) is 42.5 Å². The minimum atomic E-state index is -0.759. The van der Waals surface area contributed by atoms with E-state index in [1.165, 1.54) is 19.3 Å². The van der Waals surface area contributed by atoms with Crippen LogP contribution in [-0.4, -0.2) is 23.5 Å². The third kappa shape index (κ3) is 3.65. The van der Waals surface area contributed by atoms with E-state index in [0.717, 1.165) is 53.4 Å². The topological polar surface area (TPSA) is 55.4 Å².